The third-order valence-corrected chi connectivity index (χ3v) is 5.82. The van der Waals surface area contributed by atoms with Crippen LogP contribution in [0.4, 0.5) is 13.2 Å². The van der Waals surface area contributed by atoms with Crippen molar-refractivity contribution in [3.8, 4) is 0 Å². The molecule has 0 saturated carbocycles. The number of halogens is 3. The lowest BCUT2D eigenvalue weighted by molar-refractivity contribution is -0.144. The van der Waals surface area contributed by atoms with Gasteiger partial charge in [-0.25, -0.2) is 9.50 Å². The fourth-order valence-corrected chi connectivity index (χ4v) is 4.00. The number of amides is 1. The molecule has 3 aromatic rings. The lowest BCUT2D eigenvalue weighted by atomic mass is 10.0. The van der Waals surface area contributed by atoms with E-state index in [1.165, 1.54) is 5.56 Å². The molecule has 7 nitrogen and oxygen atoms in total. The first-order chi connectivity index (χ1) is 15.6. The first kappa shape index (κ1) is 24.6. The predicted molar refractivity (Wildman–Crippen MR) is 119 cm³/mol. The number of rotatable bonds is 9. The fraction of sp³-hybridized carbons (Fsp3) is 0.478. The van der Waals surface area contributed by atoms with Crippen molar-refractivity contribution < 1.29 is 18.0 Å². The third-order valence-electron chi connectivity index (χ3n) is 5.82. The second-order valence-corrected chi connectivity index (χ2v) is 7.95. The summed E-state index contributed by atoms with van der Waals surface area (Å²) in [7, 11) is 0. The van der Waals surface area contributed by atoms with E-state index in [-0.39, 0.29) is 24.1 Å². The highest BCUT2D eigenvalue weighted by Crippen LogP contribution is 2.27. The molecule has 0 saturated heterocycles. The van der Waals surface area contributed by atoms with Gasteiger partial charge in [0.2, 0.25) is 5.91 Å². The Bertz CT molecular complexity index is 1090. The molecule has 2 heterocycles. The van der Waals surface area contributed by atoms with E-state index in [9.17, 15) is 18.0 Å². The Kier molecular flexibility index (Phi) is 7.68. The van der Waals surface area contributed by atoms with Gasteiger partial charge < -0.3 is 5.32 Å². The van der Waals surface area contributed by atoms with Crippen molar-refractivity contribution in [2.45, 2.75) is 52.8 Å². The molecule has 0 bridgehead atoms. The quantitative estimate of drug-likeness (QED) is 0.528. The minimum atomic E-state index is -4.66. The Hall–Kier alpha value is -3.01. The number of alkyl halides is 3. The Morgan fingerprint density at radius 2 is 1.79 bits per heavy atom. The average Bonchev–Trinajstić information content (AvgIpc) is 3.21. The van der Waals surface area contributed by atoms with Gasteiger partial charge in [0, 0.05) is 29.5 Å². The molecule has 0 aliphatic carbocycles. The maximum atomic E-state index is 13.0. The van der Waals surface area contributed by atoms with Crippen molar-refractivity contribution in [2.24, 2.45) is 0 Å². The summed E-state index contributed by atoms with van der Waals surface area (Å²) in [5.41, 5.74) is 2.61. The summed E-state index contributed by atoms with van der Waals surface area (Å²) in [5, 5.41) is 6.54. The van der Waals surface area contributed by atoms with Crippen molar-refractivity contribution >= 4 is 11.7 Å². The van der Waals surface area contributed by atoms with Gasteiger partial charge in [-0.15, -0.1) is 5.10 Å². The normalized spacial score (nSPS) is 13.0. The number of nitrogens with one attached hydrogen (secondary N) is 1. The van der Waals surface area contributed by atoms with Gasteiger partial charge in [-0.2, -0.15) is 18.2 Å². The van der Waals surface area contributed by atoms with Gasteiger partial charge in [-0.3, -0.25) is 9.69 Å². The van der Waals surface area contributed by atoms with Crippen molar-refractivity contribution in [3.05, 3.63) is 58.7 Å². The van der Waals surface area contributed by atoms with E-state index >= 15 is 0 Å². The van der Waals surface area contributed by atoms with Gasteiger partial charge in [0.05, 0.1) is 6.42 Å². The SMILES string of the molecule is CCN(CC)C(CNC(=O)Cc1c(C)nc2nc(C(F)(F)F)nn2c1C)Cc1ccccc1. The van der Waals surface area contributed by atoms with Crippen LogP contribution in [0.1, 0.15) is 42.2 Å². The van der Waals surface area contributed by atoms with Crippen LogP contribution in [0.5, 0.6) is 0 Å². The van der Waals surface area contributed by atoms with E-state index in [2.05, 4.69) is 51.3 Å². The van der Waals surface area contributed by atoms with Crippen LogP contribution in [0.15, 0.2) is 30.3 Å². The molecule has 0 fully saturated rings. The minimum absolute atomic E-state index is 0.00186. The van der Waals surface area contributed by atoms with E-state index < -0.39 is 12.0 Å². The molecule has 33 heavy (non-hydrogen) atoms. The van der Waals surface area contributed by atoms with Crippen molar-refractivity contribution in [1.29, 1.82) is 0 Å². The molecule has 1 unspecified atom stereocenters. The molecule has 1 aromatic carbocycles. The van der Waals surface area contributed by atoms with Gasteiger partial charge in [-0.1, -0.05) is 44.2 Å². The smallest absolute Gasteiger partial charge is 0.354 e. The molecule has 0 spiro atoms. The summed E-state index contributed by atoms with van der Waals surface area (Å²) in [6, 6.07) is 10.2. The predicted octanol–water partition coefficient (Wildman–Crippen LogP) is 3.37. The number of benzene rings is 1. The Labute approximate surface area is 191 Å². The zero-order chi connectivity index (χ0) is 24.2. The molecule has 0 aliphatic rings. The highest BCUT2D eigenvalue weighted by molar-refractivity contribution is 5.79. The molecule has 0 aliphatic heterocycles. The Morgan fingerprint density at radius 1 is 1.12 bits per heavy atom. The highest BCUT2D eigenvalue weighted by Gasteiger charge is 2.37. The number of aromatic nitrogens is 4. The van der Waals surface area contributed by atoms with Crippen LogP contribution in [0.3, 0.4) is 0 Å². The summed E-state index contributed by atoms with van der Waals surface area (Å²) in [6.07, 6.45) is -3.87. The second kappa shape index (κ2) is 10.3. The van der Waals surface area contributed by atoms with E-state index in [1.807, 2.05) is 18.2 Å². The zero-order valence-corrected chi connectivity index (χ0v) is 19.3. The number of hydrogen-bond donors (Lipinski definition) is 1. The van der Waals surface area contributed by atoms with Crippen LogP contribution in [0, 0.1) is 13.8 Å². The largest absolute Gasteiger partial charge is 0.453 e. The number of carbonyl (C=O) groups is 1. The average molecular weight is 463 g/mol. The molecular formula is C23H29F3N6O. The Morgan fingerprint density at radius 3 is 2.39 bits per heavy atom. The van der Waals surface area contributed by atoms with Crippen LogP contribution < -0.4 is 5.32 Å². The molecule has 1 amide bonds. The van der Waals surface area contributed by atoms with Crippen LogP contribution in [-0.4, -0.2) is 56.1 Å². The van der Waals surface area contributed by atoms with Crippen molar-refractivity contribution in [1.82, 2.24) is 29.8 Å². The first-order valence-corrected chi connectivity index (χ1v) is 11.0. The van der Waals surface area contributed by atoms with Crippen LogP contribution >= 0.6 is 0 Å². The van der Waals surface area contributed by atoms with Gasteiger partial charge >= 0.3 is 6.18 Å². The molecule has 0 radical (unpaired) electrons. The lowest BCUT2D eigenvalue weighted by Gasteiger charge is -2.30. The summed E-state index contributed by atoms with van der Waals surface area (Å²) in [4.78, 5) is 22.7. The van der Waals surface area contributed by atoms with E-state index in [4.69, 9.17) is 0 Å². The van der Waals surface area contributed by atoms with Crippen LogP contribution in [0.25, 0.3) is 5.78 Å². The maximum absolute atomic E-state index is 13.0. The third kappa shape index (κ3) is 5.87. The van der Waals surface area contributed by atoms with Gasteiger partial charge in [0.1, 0.15) is 0 Å². The molecule has 10 heteroatoms. The molecule has 1 atom stereocenters. The standard InChI is InChI=1S/C23H29F3N6O/c1-5-31(6-2)18(12-17-10-8-7-9-11-17)14-27-20(33)13-19-15(3)28-22-29-21(23(24,25)26)30-32(22)16(19)4/h7-11,18H,5-6,12-14H2,1-4H3,(H,27,33). The summed E-state index contributed by atoms with van der Waals surface area (Å²) in [6.45, 7) is 9.63. The van der Waals surface area contributed by atoms with Crippen molar-refractivity contribution in [3.63, 3.8) is 0 Å². The van der Waals surface area contributed by atoms with Crippen LogP contribution in [0.2, 0.25) is 0 Å². The number of carbonyl (C=O) groups excluding carboxylic acids is 1. The second-order valence-electron chi connectivity index (χ2n) is 7.95. The summed E-state index contributed by atoms with van der Waals surface area (Å²) >= 11 is 0. The summed E-state index contributed by atoms with van der Waals surface area (Å²) < 4.78 is 40.0. The first-order valence-electron chi connectivity index (χ1n) is 11.0. The van der Waals surface area contributed by atoms with E-state index in [0.717, 1.165) is 24.0 Å². The fourth-order valence-electron chi connectivity index (χ4n) is 4.00. The topological polar surface area (TPSA) is 75.4 Å². The monoisotopic (exact) mass is 462 g/mol. The highest BCUT2D eigenvalue weighted by atomic mass is 19.4. The summed E-state index contributed by atoms with van der Waals surface area (Å²) in [5.74, 6) is -1.60. The molecular weight excluding hydrogens is 433 g/mol. The van der Waals surface area contributed by atoms with Gasteiger partial charge in [-0.05, 0) is 38.9 Å². The molecule has 178 valence electrons. The number of hydrogen-bond acceptors (Lipinski definition) is 5. The number of fused-ring (bicyclic) bond motifs is 1. The Balaban J connectivity index is 1.74. The maximum Gasteiger partial charge on any atom is 0.453 e. The van der Waals surface area contributed by atoms with E-state index in [1.54, 1.807) is 13.8 Å². The number of aryl methyl sites for hydroxylation is 2. The van der Waals surface area contributed by atoms with Crippen LogP contribution in [-0.2, 0) is 23.8 Å². The minimum Gasteiger partial charge on any atom is -0.354 e. The zero-order valence-electron chi connectivity index (χ0n) is 19.3. The number of nitrogens with zero attached hydrogens (tertiary/aromatic N) is 5. The molecule has 3 rings (SSSR count). The lowest BCUT2D eigenvalue weighted by Crippen LogP contribution is -2.45. The van der Waals surface area contributed by atoms with E-state index in [0.29, 0.717) is 23.5 Å². The van der Waals surface area contributed by atoms with Gasteiger partial charge in [0.15, 0.2) is 0 Å². The number of likely N-dealkylation sites (N-methyl/N-ethyl adjacent to an activating group) is 1. The van der Waals surface area contributed by atoms with Crippen molar-refractivity contribution in [2.75, 3.05) is 19.6 Å². The molecule has 2 aromatic heterocycles. The molecule has 1 N–H and O–H groups in total. The van der Waals surface area contributed by atoms with Gasteiger partial charge in [0.25, 0.3) is 11.6 Å².